The fourth-order valence-electron chi connectivity index (χ4n) is 3.64. The topological polar surface area (TPSA) is 31.2 Å². The van der Waals surface area contributed by atoms with E-state index in [2.05, 4.69) is 43.3 Å². The Hall–Kier alpha value is -3.07. The van der Waals surface area contributed by atoms with Gasteiger partial charge in [-0.3, -0.25) is 4.79 Å². The quantitative estimate of drug-likeness (QED) is 0.208. The van der Waals surface area contributed by atoms with E-state index in [1.807, 2.05) is 28.8 Å². The first-order valence-electron chi connectivity index (χ1n) is 11.9. The van der Waals surface area contributed by atoms with Crippen LogP contribution in [0.25, 0.3) is 17.8 Å². The van der Waals surface area contributed by atoms with E-state index in [9.17, 15) is 4.79 Å². The molecule has 0 radical (unpaired) electrons. The van der Waals surface area contributed by atoms with Gasteiger partial charge in [-0.1, -0.05) is 88.3 Å². The van der Waals surface area contributed by atoms with Gasteiger partial charge in [0.25, 0.3) is 0 Å². The first-order chi connectivity index (χ1) is 15.7. The minimum absolute atomic E-state index is 0.0189. The maximum absolute atomic E-state index is 11.2. The number of benzene rings is 2. The summed E-state index contributed by atoms with van der Waals surface area (Å²) in [7, 11) is 0. The SMILES string of the molecule is CCCCCCCCCCOc1ccc(/C=C/c2ccc(-n3ccc(=O)cc3)cc2)cc1. The van der Waals surface area contributed by atoms with E-state index < -0.39 is 0 Å². The minimum atomic E-state index is 0.0189. The first kappa shape index (κ1) is 23.6. The zero-order valence-electron chi connectivity index (χ0n) is 19.2. The number of aromatic nitrogens is 1. The molecule has 0 spiro atoms. The molecular weight excluding hydrogens is 394 g/mol. The lowest BCUT2D eigenvalue weighted by atomic mass is 10.1. The fraction of sp³-hybridized carbons (Fsp3) is 0.345. The van der Waals surface area contributed by atoms with Gasteiger partial charge >= 0.3 is 0 Å². The van der Waals surface area contributed by atoms with Gasteiger partial charge in [0.15, 0.2) is 5.43 Å². The van der Waals surface area contributed by atoms with Crippen LogP contribution in [0, 0.1) is 0 Å². The van der Waals surface area contributed by atoms with Gasteiger partial charge in [-0.25, -0.2) is 0 Å². The predicted molar refractivity (Wildman–Crippen MR) is 136 cm³/mol. The second-order valence-corrected chi connectivity index (χ2v) is 8.26. The molecular formula is C29H35NO2. The van der Waals surface area contributed by atoms with Crippen LogP contribution in [-0.2, 0) is 0 Å². The summed E-state index contributed by atoms with van der Waals surface area (Å²) in [5.74, 6) is 0.940. The van der Waals surface area contributed by atoms with Crippen molar-refractivity contribution in [2.75, 3.05) is 6.61 Å². The van der Waals surface area contributed by atoms with Crippen LogP contribution in [0.1, 0.15) is 69.4 Å². The molecule has 0 aliphatic carbocycles. The van der Waals surface area contributed by atoms with Crippen molar-refractivity contribution in [3.05, 3.63) is 94.4 Å². The number of hydrogen-bond donors (Lipinski definition) is 0. The lowest BCUT2D eigenvalue weighted by Gasteiger charge is -2.07. The standard InChI is InChI=1S/C29H35NO2/c1-2-3-4-5-6-7-8-9-24-32-29-18-14-26(15-19-29)11-10-25-12-16-27(17-13-25)30-22-20-28(31)21-23-30/h10-23H,2-9,24H2,1H3/b11-10+. The first-order valence-corrected chi connectivity index (χ1v) is 11.9. The zero-order valence-corrected chi connectivity index (χ0v) is 19.2. The summed E-state index contributed by atoms with van der Waals surface area (Å²) >= 11 is 0. The molecule has 0 N–H and O–H groups in total. The van der Waals surface area contributed by atoms with Crippen LogP contribution < -0.4 is 10.2 Å². The normalized spacial score (nSPS) is 11.2. The van der Waals surface area contributed by atoms with E-state index in [-0.39, 0.29) is 5.43 Å². The second-order valence-electron chi connectivity index (χ2n) is 8.26. The molecule has 0 bridgehead atoms. The predicted octanol–water partition coefficient (Wildman–Crippen LogP) is 7.53. The monoisotopic (exact) mass is 429 g/mol. The Kier molecular flexibility index (Phi) is 9.85. The van der Waals surface area contributed by atoms with Crippen LogP contribution in [0.2, 0.25) is 0 Å². The van der Waals surface area contributed by atoms with Crippen molar-refractivity contribution in [2.24, 2.45) is 0 Å². The van der Waals surface area contributed by atoms with Crippen LogP contribution in [0.4, 0.5) is 0 Å². The molecule has 1 heterocycles. The molecule has 3 nitrogen and oxygen atoms in total. The molecule has 2 aromatic carbocycles. The van der Waals surface area contributed by atoms with Crippen LogP contribution in [0.5, 0.6) is 5.75 Å². The third-order valence-corrected chi connectivity index (χ3v) is 5.60. The molecule has 32 heavy (non-hydrogen) atoms. The van der Waals surface area contributed by atoms with Crippen LogP contribution in [0.15, 0.2) is 77.9 Å². The molecule has 168 valence electrons. The van der Waals surface area contributed by atoms with Gasteiger partial charge in [0, 0.05) is 30.2 Å². The van der Waals surface area contributed by atoms with Gasteiger partial charge in [0.2, 0.25) is 0 Å². The Morgan fingerprint density at radius 1 is 0.688 bits per heavy atom. The average molecular weight is 430 g/mol. The number of ether oxygens (including phenoxy) is 1. The van der Waals surface area contributed by atoms with Crippen molar-refractivity contribution < 1.29 is 4.74 Å². The number of pyridine rings is 1. The van der Waals surface area contributed by atoms with E-state index in [4.69, 9.17) is 4.74 Å². The van der Waals surface area contributed by atoms with Crippen molar-refractivity contribution in [3.63, 3.8) is 0 Å². The molecule has 1 aromatic heterocycles. The highest BCUT2D eigenvalue weighted by Crippen LogP contribution is 2.16. The van der Waals surface area contributed by atoms with Gasteiger partial charge in [-0.15, -0.1) is 0 Å². The average Bonchev–Trinajstić information content (AvgIpc) is 2.83. The molecule has 0 fully saturated rings. The maximum Gasteiger partial charge on any atom is 0.181 e. The van der Waals surface area contributed by atoms with Crippen LogP contribution >= 0.6 is 0 Å². The molecule has 0 saturated carbocycles. The van der Waals surface area contributed by atoms with E-state index in [1.54, 1.807) is 24.5 Å². The molecule has 3 aromatic rings. The highest BCUT2D eigenvalue weighted by Gasteiger charge is 1.97. The lowest BCUT2D eigenvalue weighted by Crippen LogP contribution is -2.01. The Balaban J connectivity index is 1.39. The summed E-state index contributed by atoms with van der Waals surface area (Å²) < 4.78 is 7.82. The van der Waals surface area contributed by atoms with Crippen molar-refractivity contribution in [3.8, 4) is 11.4 Å². The zero-order chi connectivity index (χ0) is 22.4. The number of nitrogens with zero attached hydrogens (tertiary/aromatic N) is 1. The van der Waals surface area contributed by atoms with Crippen LogP contribution in [-0.4, -0.2) is 11.2 Å². The Morgan fingerprint density at radius 2 is 1.22 bits per heavy atom. The van der Waals surface area contributed by atoms with E-state index in [0.717, 1.165) is 35.6 Å². The minimum Gasteiger partial charge on any atom is -0.494 e. The highest BCUT2D eigenvalue weighted by molar-refractivity contribution is 5.70. The lowest BCUT2D eigenvalue weighted by molar-refractivity contribution is 0.304. The Labute approximate surface area is 192 Å². The van der Waals surface area contributed by atoms with Gasteiger partial charge in [0.05, 0.1) is 6.61 Å². The maximum atomic E-state index is 11.2. The number of hydrogen-bond acceptors (Lipinski definition) is 2. The van der Waals surface area contributed by atoms with Crippen molar-refractivity contribution in [1.29, 1.82) is 0 Å². The molecule has 3 rings (SSSR count). The van der Waals surface area contributed by atoms with Gasteiger partial charge in [-0.05, 0) is 41.8 Å². The summed E-state index contributed by atoms with van der Waals surface area (Å²) in [6.45, 7) is 3.06. The molecule has 3 heteroatoms. The Morgan fingerprint density at radius 3 is 1.81 bits per heavy atom. The third-order valence-electron chi connectivity index (χ3n) is 5.60. The smallest absolute Gasteiger partial charge is 0.181 e. The molecule has 0 aliphatic heterocycles. The summed E-state index contributed by atoms with van der Waals surface area (Å²) in [6.07, 6.45) is 18.3. The van der Waals surface area contributed by atoms with Crippen molar-refractivity contribution >= 4 is 12.2 Å². The Bertz CT molecular complexity index is 980. The molecule has 0 amide bonds. The molecule has 0 atom stereocenters. The van der Waals surface area contributed by atoms with Crippen molar-refractivity contribution in [2.45, 2.75) is 58.3 Å². The van der Waals surface area contributed by atoms with Gasteiger partial charge in [-0.2, -0.15) is 0 Å². The summed E-state index contributed by atoms with van der Waals surface area (Å²) in [6, 6.07) is 19.7. The molecule has 0 saturated heterocycles. The van der Waals surface area contributed by atoms with Crippen molar-refractivity contribution in [1.82, 2.24) is 4.57 Å². The van der Waals surface area contributed by atoms with Gasteiger partial charge < -0.3 is 9.30 Å². The highest BCUT2D eigenvalue weighted by atomic mass is 16.5. The summed E-state index contributed by atoms with van der Waals surface area (Å²) in [4.78, 5) is 11.2. The summed E-state index contributed by atoms with van der Waals surface area (Å²) in [5.41, 5.74) is 3.32. The molecule has 0 unspecified atom stereocenters. The number of rotatable bonds is 13. The van der Waals surface area contributed by atoms with E-state index in [1.165, 1.54) is 44.9 Å². The van der Waals surface area contributed by atoms with E-state index >= 15 is 0 Å². The third kappa shape index (κ3) is 8.22. The fourth-order valence-corrected chi connectivity index (χ4v) is 3.64. The number of unbranched alkanes of at least 4 members (excludes halogenated alkanes) is 7. The van der Waals surface area contributed by atoms with E-state index in [0.29, 0.717) is 0 Å². The second kappa shape index (κ2) is 13.4. The molecule has 0 aliphatic rings. The van der Waals surface area contributed by atoms with Gasteiger partial charge in [0.1, 0.15) is 5.75 Å². The largest absolute Gasteiger partial charge is 0.494 e. The summed E-state index contributed by atoms with van der Waals surface area (Å²) in [5, 5.41) is 0. The van der Waals surface area contributed by atoms with Crippen LogP contribution in [0.3, 0.4) is 0 Å².